The van der Waals surface area contributed by atoms with Gasteiger partial charge >= 0.3 is 0 Å². The van der Waals surface area contributed by atoms with Crippen molar-refractivity contribution in [3.05, 3.63) is 11.1 Å². The standard InChI is InChI=1S/C6H10ClN3O2S/c1-5-8-9-6(7)10(5)3-4-13(2,11)12/h3-4H2,1-2H3. The molecule has 5 nitrogen and oxygen atoms in total. The highest BCUT2D eigenvalue weighted by Gasteiger charge is 2.08. The first-order valence-corrected chi connectivity index (χ1v) is 6.07. The quantitative estimate of drug-likeness (QED) is 0.739. The van der Waals surface area contributed by atoms with Gasteiger partial charge in [0, 0.05) is 12.8 Å². The molecule has 0 N–H and O–H groups in total. The van der Waals surface area contributed by atoms with E-state index in [1.165, 1.54) is 6.26 Å². The summed E-state index contributed by atoms with van der Waals surface area (Å²) in [5.74, 6) is 0.666. The molecule has 0 bridgehead atoms. The van der Waals surface area contributed by atoms with Gasteiger partial charge in [0.1, 0.15) is 15.7 Å². The molecule has 1 aromatic rings. The van der Waals surface area contributed by atoms with Crippen molar-refractivity contribution in [3.8, 4) is 0 Å². The van der Waals surface area contributed by atoms with Crippen LogP contribution in [0.1, 0.15) is 5.82 Å². The summed E-state index contributed by atoms with van der Waals surface area (Å²) >= 11 is 5.67. The van der Waals surface area contributed by atoms with Crippen LogP contribution in [-0.4, -0.2) is 35.2 Å². The molecule has 0 fully saturated rings. The Morgan fingerprint density at radius 3 is 2.46 bits per heavy atom. The van der Waals surface area contributed by atoms with Crippen molar-refractivity contribution < 1.29 is 8.42 Å². The molecule has 13 heavy (non-hydrogen) atoms. The van der Waals surface area contributed by atoms with Gasteiger partial charge in [-0.3, -0.25) is 0 Å². The molecule has 0 radical (unpaired) electrons. The molecular weight excluding hydrogens is 214 g/mol. The van der Waals surface area contributed by atoms with Crippen LogP contribution in [0.4, 0.5) is 0 Å². The fourth-order valence-electron chi connectivity index (χ4n) is 0.866. The Bertz CT molecular complexity index is 379. The van der Waals surface area contributed by atoms with Crippen molar-refractivity contribution in [2.24, 2.45) is 0 Å². The number of halogens is 1. The molecule has 74 valence electrons. The lowest BCUT2D eigenvalue weighted by Gasteiger charge is -2.02. The Labute approximate surface area is 81.6 Å². The third-order valence-corrected chi connectivity index (χ3v) is 2.78. The fourth-order valence-corrected chi connectivity index (χ4v) is 1.63. The van der Waals surface area contributed by atoms with Crippen LogP contribution in [0.25, 0.3) is 0 Å². The monoisotopic (exact) mass is 223 g/mol. The molecule has 0 aromatic carbocycles. The molecule has 0 spiro atoms. The number of hydrogen-bond acceptors (Lipinski definition) is 4. The van der Waals surface area contributed by atoms with E-state index in [4.69, 9.17) is 11.6 Å². The van der Waals surface area contributed by atoms with Gasteiger partial charge in [-0.25, -0.2) is 8.42 Å². The highest BCUT2D eigenvalue weighted by molar-refractivity contribution is 7.90. The summed E-state index contributed by atoms with van der Waals surface area (Å²) in [7, 11) is -2.97. The van der Waals surface area contributed by atoms with Gasteiger partial charge in [-0.05, 0) is 18.5 Å². The average Bonchev–Trinajstić information content (AvgIpc) is 2.27. The molecule has 0 unspecified atom stereocenters. The summed E-state index contributed by atoms with van der Waals surface area (Å²) < 4.78 is 23.3. The lowest BCUT2D eigenvalue weighted by atomic mass is 10.6. The lowest BCUT2D eigenvalue weighted by Crippen LogP contribution is -2.12. The van der Waals surface area contributed by atoms with E-state index in [0.29, 0.717) is 12.4 Å². The second-order valence-corrected chi connectivity index (χ2v) is 5.40. The first-order chi connectivity index (χ1) is 5.90. The summed E-state index contributed by atoms with van der Waals surface area (Å²) in [6.45, 7) is 2.03. The zero-order valence-corrected chi connectivity index (χ0v) is 8.93. The first-order valence-electron chi connectivity index (χ1n) is 3.63. The minimum absolute atomic E-state index is 0.0472. The van der Waals surface area contributed by atoms with Crippen molar-refractivity contribution in [1.29, 1.82) is 0 Å². The van der Waals surface area contributed by atoms with Gasteiger partial charge in [0.25, 0.3) is 0 Å². The van der Waals surface area contributed by atoms with Crippen LogP contribution in [-0.2, 0) is 16.4 Å². The first kappa shape index (κ1) is 10.5. The Morgan fingerprint density at radius 2 is 2.08 bits per heavy atom. The van der Waals surface area contributed by atoms with Gasteiger partial charge < -0.3 is 4.57 Å². The molecule has 7 heteroatoms. The number of sulfone groups is 1. The third kappa shape index (κ3) is 2.96. The SMILES string of the molecule is Cc1nnc(Cl)n1CCS(C)(=O)=O. The van der Waals surface area contributed by atoms with Crippen LogP contribution in [0.15, 0.2) is 0 Å². The van der Waals surface area contributed by atoms with Crippen molar-refractivity contribution in [2.75, 3.05) is 12.0 Å². The summed E-state index contributed by atoms with van der Waals surface area (Å²) in [6, 6.07) is 0. The molecule has 1 heterocycles. The van der Waals surface area contributed by atoms with Crippen LogP contribution in [0, 0.1) is 6.92 Å². The highest BCUT2D eigenvalue weighted by Crippen LogP contribution is 2.07. The number of nitrogens with zero attached hydrogens (tertiary/aromatic N) is 3. The predicted octanol–water partition coefficient (Wildman–Crippen LogP) is 0.285. The minimum Gasteiger partial charge on any atom is -0.301 e. The molecule has 0 amide bonds. The number of aryl methyl sites for hydroxylation is 1. The van der Waals surface area contributed by atoms with Gasteiger partial charge in [0.05, 0.1) is 5.75 Å². The largest absolute Gasteiger partial charge is 0.301 e. The van der Waals surface area contributed by atoms with E-state index in [2.05, 4.69) is 10.2 Å². The summed E-state index contributed by atoms with van der Waals surface area (Å²) in [5.41, 5.74) is 0. The average molecular weight is 224 g/mol. The summed E-state index contributed by atoms with van der Waals surface area (Å²) in [5, 5.41) is 7.53. The van der Waals surface area contributed by atoms with Gasteiger partial charge in [-0.2, -0.15) is 0 Å². The van der Waals surface area contributed by atoms with Crippen LogP contribution >= 0.6 is 11.6 Å². The van der Waals surface area contributed by atoms with Crippen LogP contribution in [0.3, 0.4) is 0 Å². The van der Waals surface area contributed by atoms with Gasteiger partial charge in [-0.15, -0.1) is 10.2 Å². The summed E-state index contributed by atoms with van der Waals surface area (Å²) in [4.78, 5) is 0. The van der Waals surface area contributed by atoms with E-state index in [1.807, 2.05) is 0 Å². The lowest BCUT2D eigenvalue weighted by molar-refractivity contribution is 0.593. The van der Waals surface area contributed by atoms with Crippen molar-refractivity contribution in [3.63, 3.8) is 0 Å². The topological polar surface area (TPSA) is 64.8 Å². The molecule has 0 aliphatic rings. The maximum Gasteiger partial charge on any atom is 0.225 e. The molecule has 1 aromatic heterocycles. The third-order valence-electron chi connectivity index (χ3n) is 1.58. The smallest absolute Gasteiger partial charge is 0.225 e. The Morgan fingerprint density at radius 1 is 1.46 bits per heavy atom. The zero-order chi connectivity index (χ0) is 10.1. The summed E-state index contributed by atoms with van der Waals surface area (Å²) in [6.07, 6.45) is 1.18. The molecule has 0 saturated heterocycles. The van der Waals surface area contributed by atoms with E-state index >= 15 is 0 Å². The molecule has 0 aliphatic carbocycles. The van der Waals surface area contributed by atoms with E-state index in [0.717, 1.165) is 0 Å². The predicted molar refractivity (Wildman–Crippen MR) is 49.5 cm³/mol. The Kier molecular flexibility index (Phi) is 2.92. The fraction of sp³-hybridized carbons (Fsp3) is 0.667. The normalized spacial score (nSPS) is 11.9. The maximum atomic E-state index is 10.9. The molecule has 0 saturated carbocycles. The van der Waals surface area contributed by atoms with Crippen molar-refractivity contribution in [1.82, 2.24) is 14.8 Å². The molecule has 1 rings (SSSR count). The van der Waals surface area contributed by atoms with Crippen LogP contribution < -0.4 is 0 Å². The highest BCUT2D eigenvalue weighted by atomic mass is 35.5. The molecule has 0 atom stereocenters. The van der Waals surface area contributed by atoms with Gasteiger partial charge in [0.2, 0.25) is 5.28 Å². The van der Waals surface area contributed by atoms with Gasteiger partial charge in [0.15, 0.2) is 0 Å². The minimum atomic E-state index is -2.97. The number of hydrogen-bond donors (Lipinski definition) is 0. The molecule has 0 aliphatic heterocycles. The van der Waals surface area contributed by atoms with Crippen LogP contribution in [0.5, 0.6) is 0 Å². The molecular formula is C6H10ClN3O2S. The zero-order valence-electron chi connectivity index (χ0n) is 7.36. The maximum absolute atomic E-state index is 10.9. The van der Waals surface area contributed by atoms with E-state index < -0.39 is 9.84 Å². The Balaban J connectivity index is 2.75. The van der Waals surface area contributed by atoms with Gasteiger partial charge in [-0.1, -0.05) is 0 Å². The van der Waals surface area contributed by atoms with E-state index in [9.17, 15) is 8.42 Å². The van der Waals surface area contributed by atoms with Crippen molar-refractivity contribution in [2.45, 2.75) is 13.5 Å². The van der Waals surface area contributed by atoms with Crippen molar-refractivity contribution >= 4 is 21.4 Å². The van der Waals surface area contributed by atoms with E-state index in [1.54, 1.807) is 11.5 Å². The van der Waals surface area contributed by atoms with Crippen LogP contribution in [0.2, 0.25) is 5.28 Å². The second kappa shape index (κ2) is 3.63. The Hall–Kier alpha value is -0.620. The number of rotatable bonds is 3. The van der Waals surface area contributed by atoms with E-state index in [-0.39, 0.29) is 11.0 Å². The second-order valence-electron chi connectivity index (χ2n) is 2.80. The number of aromatic nitrogens is 3.